The Labute approximate surface area is 118 Å². The van der Waals surface area contributed by atoms with Gasteiger partial charge in [0.2, 0.25) is 0 Å². The van der Waals surface area contributed by atoms with Crippen molar-refractivity contribution in [2.24, 2.45) is 0 Å². The van der Waals surface area contributed by atoms with Gasteiger partial charge in [0.15, 0.2) is 0 Å². The van der Waals surface area contributed by atoms with Gasteiger partial charge < -0.3 is 4.74 Å². The Morgan fingerprint density at radius 1 is 0.684 bits per heavy atom. The third kappa shape index (κ3) is 3.50. The smallest absolute Gasteiger partial charge is 0.0608 e. The molecule has 0 aromatic rings. The van der Waals surface area contributed by atoms with Crippen LogP contribution in [-0.2, 0) is 4.74 Å². The maximum Gasteiger partial charge on any atom is 0.0608 e. The molecule has 3 nitrogen and oxygen atoms in total. The minimum absolute atomic E-state index is 0.829. The maximum absolute atomic E-state index is 5.56. The molecule has 1 aliphatic heterocycles. The van der Waals surface area contributed by atoms with E-state index < -0.39 is 0 Å². The molecule has 0 bridgehead atoms. The van der Waals surface area contributed by atoms with Crippen LogP contribution >= 0.6 is 0 Å². The van der Waals surface area contributed by atoms with Gasteiger partial charge in [0.25, 0.3) is 0 Å². The summed E-state index contributed by atoms with van der Waals surface area (Å²) in [6.07, 6.45) is 14.4. The number of nitrogens with zero attached hydrogens (tertiary/aromatic N) is 2. The van der Waals surface area contributed by atoms with Gasteiger partial charge in [-0.25, -0.2) is 10.0 Å². The molecule has 3 aliphatic rings. The second-order valence-corrected chi connectivity index (χ2v) is 6.53. The normalized spacial score (nSPS) is 28.9. The van der Waals surface area contributed by atoms with Crippen LogP contribution in [0.1, 0.15) is 64.2 Å². The number of hydrogen-bond acceptors (Lipinski definition) is 3. The zero-order chi connectivity index (χ0) is 12.9. The molecule has 19 heavy (non-hydrogen) atoms. The van der Waals surface area contributed by atoms with E-state index >= 15 is 0 Å². The first-order valence-corrected chi connectivity index (χ1v) is 8.56. The van der Waals surface area contributed by atoms with Crippen molar-refractivity contribution < 1.29 is 4.74 Å². The second-order valence-electron chi connectivity index (χ2n) is 6.53. The van der Waals surface area contributed by atoms with Crippen molar-refractivity contribution in [1.82, 2.24) is 10.0 Å². The van der Waals surface area contributed by atoms with E-state index in [9.17, 15) is 0 Å². The summed E-state index contributed by atoms with van der Waals surface area (Å²) in [7, 11) is 0. The molecule has 0 atom stereocenters. The summed E-state index contributed by atoms with van der Waals surface area (Å²) < 4.78 is 5.56. The molecule has 0 N–H and O–H groups in total. The van der Waals surface area contributed by atoms with Crippen LogP contribution in [0.4, 0.5) is 0 Å². The van der Waals surface area contributed by atoms with E-state index in [1.54, 1.807) is 0 Å². The molecule has 0 spiro atoms. The molecule has 1 heterocycles. The van der Waals surface area contributed by atoms with Crippen LogP contribution in [0.15, 0.2) is 0 Å². The molecular weight excluding hydrogens is 236 g/mol. The van der Waals surface area contributed by atoms with E-state index in [2.05, 4.69) is 10.0 Å². The summed E-state index contributed by atoms with van der Waals surface area (Å²) in [6, 6.07) is 1.66. The van der Waals surface area contributed by atoms with Gasteiger partial charge in [-0.1, -0.05) is 38.5 Å². The predicted molar refractivity (Wildman–Crippen MR) is 78.0 cm³/mol. The Kier molecular flexibility index (Phi) is 5.14. The van der Waals surface area contributed by atoms with Gasteiger partial charge in [0, 0.05) is 25.2 Å². The van der Waals surface area contributed by atoms with E-state index in [0.29, 0.717) is 0 Å². The Morgan fingerprint density at radius 3 is 1.63 bits per heavy atom. The van der Waals surface area contributed by atoms with Crippen molar-refractivity contribution in [2.75, 3.05) is 26.3 Å². The average molecular weight is 266 g/mol. The first-order chi connectivity index (χ1) is 9.45. The number of hydrazine groups is 1. The van der Waals surface area contributed by atoms with Crippen molar-refractivity contribution in [2.45, 2.75) is 76.3 Å². The van der Waals surface area contributed by atoms with Crippen molar-refractivity contribution in [1.29, 1.82) is 0 Å². The van der Waals surface area contributed by atoms with E-state index in [-0.39, 0.29) is 0 Å². The predicted octanol–water partition coefficient (Wildman–Crippen LogP) is 3.20. The van der Waals surface area contributed by atoms with E-state index in [0.717, 1.165) is 38.4 Å². The zero-order valence-corrected chi connectivity index (χ0v) is 12.4. The van der Waals surface area contributed by atoms with Crippen LogP contribution < -0.4 is 0 Å². The highest BCUT2D eigenvalue weighted by atomic mass is 16.5. The van der Waals surface area contributed by atoms with E-state index in [4.69, 9.17) is 4.74 Å². The van der Waals surface area contributed by atoms with Crippen molar-refractivity contribution in [3.63, 3.8) is 0 Å². The Balaban J connectivity index is 1.68. The van der Waals surface area contributed by atoms with Crippen molar-refractivity contribution in [3.05, 3.63) is 0 Å². The average Bonchev–Trinajstić information content (AvgIpc) is 2.51. The SMILES string of the molecule is C1CCC(N(C2CCCCC2)N2CCOCC2)CC1. The fourth-order valence-corrected chi connectivity index (χ4v) is 4.24. The molecule has 0 aromatic carbocycles. The maximum atomic E-state index is 5.56. The molecule has 2 aliphatic carbocycles. The molecule has 0 amide bonds. The molecule has 3 rings (SSSR count). The molecule has 1 saturated heterocycles. The minimum Gasteiger partial charge on any atom is -0.379 e. The van der Waals surface area contributed by atoms with Gasteiger partial charge in [-0.2, -0.15) is 0 Å². The summed E-state index contributed by atoms with van der Waals surface area (Å²) >= 11 is 0. The molecule has 0 unspecified atom stereocenters. The highest BCUT2D eigenvalue weighted by Crippen LogP contribution is 2.31. The van der Waals surface area contributed by atoms with Gasteiger partial charge in [0.05, 0.1) is 13.2 Å². The van der Waals surface area contributed by atoms with Gasteiger partial charge >= 0.3 is 0 Å². The topological polar surface area (TPSA) is 15.7 Å². The standard InChI is InChI=1S/C16H30N2O/c1-3-7-15(8-4-1)18(16-9-5-2-6-10-16)17-11-13-19-14-12-17/h15-16H,1-14H2. The third-order valence-electron chi connectivity index (χ3n) is 5.21. The van der Waals surface area contributed by atoms with Crippen LogP contribution in [-0.4, -0.2) is 48.4 Å². The van der Waals surface area contributed by atoms with E-state index in [1.807, 2.05) is 0 Å². The summed E-state index contributed by atoms with van der Waals surface area (Å²) in [4.78, 5) is 0. The second kappa shape index (κ2) is 7.05. The van der Waals surface area contributed by atoms with Crippen LogP contribution in [0.25, 0.3) is 0 Å². The van der Waals surface area contributed by atoms with Crippen LogP contribution in [0, 0.1) is 0 Å². The van der Waals surface area contributed by atoms with Crippen LogP contribution in [0.5, 0.6) is 0 Å². The van der Waals surface area contributed by atoms with Gasteiger partial charge in [-0.3, -0.25) is 0 Å². The molecule has 3 fully saturated rings. The van der Waals surface area contributed by atoms with E-state index in [1.165, 1.54) is 64.2 Å². The molecule has 0 aromatic heterocycles. The molecule has 110 valence electrons. The lowest BCUT2D eigenvalue weighted by Crippen LogP contribution is -2.58. The first kappa shape index (κ1) is 13.8. The lowest BCUT2D eigenvalue weighted by atomic mass is 9.90. The van der Waals surface area contributed by atoms with Gasteiger partial charge in [0.1, 0.15) is 0 Å². The molecular formula is C16H30N2O. The summed E-state index contributed by atoms with van der Waals surface area (Å²) in [6.45, 7) is 4.09. The zero-order valence-electron chi connectivity index (χ0n) is 12.4. The number of hydrogen-bond donors (Lipinski definition) is 0. The first-order valence-electron chi connectivity index (χ1n) is 8.56. The molecule has 3 heteroatoms. The lowest BCUT2D eigenvalue weighted by Gasteiger charge is -2.48. The largest absolute Gasteiger partial charge is 0.379 e. The molecule has 2 saturated carbocycles. The summed E-state index contributed by atoms with van der Waals surface area (Å²) in [5, 5.41) is 5.48. The fraction of sp³-hybridized carbons (Fsp3) is 1.00. The summed E-state index contributed by atoms with van der Waals surface area (Å²) in [5.41, 5.74) is 0. The van der Waals surface area contributed by atoms with Crippen LogP contribution in [0.2, 0.25) is 0 Å². The molecule has 0 radical (unpaired) electrons. The van der Waals surface area contributed by atoms with Crippen LogP contribution in [0.3, 0.4) is 0 Å². The fourth-order valence-electron chi connectivity index (χ4n) is 4.24. The van der Waals surface area contributed by atoms with Gasteiger partial charge in [-0.15, -0.1) is 0 Å². The highest BCUT2D eigenvalue weighted by molar-refractivity contribution is 4.83. The highest BCUT2D eigenvalue weighted by Gasteiger charge is 2.33. The number of morpholine rings is 1. The quantitative estimate of drug-likeness (QED) is 0.780. The number of rotatable bonds is 3. The third-order valence-corrected chi connectivity index (χ3v) is 5.21. The lowest BCUT2D eigenvalue weighted by molar-refractivity contribution is -0.148. The van der Waals surface area contributed by atoms with Crippen molar-refractivity contribution in [3.8, 4) is 0 Å². The van der Waals surface area contributed by atoms with Gasteiger partial charge in [-0.05, 0) is 25.7 Å². The number of ether oxygens (including phenoxy) is 1. The van der Waals surface area contributed by atoms with Crippen molar-refractivity contribution >= 4 is 0 Å². The minimum atomic E-state index is 0.829. The Morgan fingerprint density at radius 2 is 1.16 bits per heavy atom. The monoisotopic (exact) mass is 266 g/mol. The Hall–Kier alpha value is -0.120. The summed E-state index contributed by atoms with van der Waals surface area (Å²) in [5.74, 6) is 0. The Bertz CT molecular complexity index is 211.